The summed E-state index contributed by atoms with van der Waals surface area (Å²) in [7, 11) is 2.27. The average molecular weight is 570 g/mol. The van der Waals surface area contributed by atoms with Crippen molar-refractivity contribution in [1.29, 1.82) is 0 Å². The molecule has 218 valence electrons. The number of carboxylic acids is 2. The number of halogens is 6. The average Bonchev–Trinajstić information content (AvgIpc) is 3.52. The van der Waals surface area contributed by atoms with Crippen molar-refractivity contribution in [2.75, 3.05) is 44.8 Å². The first kappa shape index (κ1) is 30.3. The van der Waals surface area contributed by atoms with Crippen molar-refractivity contribution in [2.45, 2.75) is 43.6 Å². The Morgan fingerprint density at radius 1 is 1.00 bits per heavy atom. The molecule has 2 saturated heterocycles. The van der Waals surface area contributed by atoms with Gasteiger partial charge in [-0.2, -0.15) is 30.9 Å². The van der Waals surface area contributed by atoms with Gasteiger partial charge < -0.3 is 19.8 Å². The molecule has 1 atom stereocenters. The Kier molecular flexibility index (Phi) is 9.25. The SMILES string of the molecule is CN1CCC(COCC2CC2)CC12CN(c1ccc3nncn3n1)C2.O=C(O)C(F)(F)F.O=C(O)C(F)(F)F. The van der Waals surface area contributed by atoms with E-state index in [9.17, 15) is 26.3 Å². The second kappa shape index (κ2) is 11.9. The van der Waals surface area contributed by atoms with Crippen LogP contribution in [0.1, 0.15) is 25.7 Å². The first-order valence-electron chi connectivity index (χ1n) is 11.9. The van der Waals surface area contributed by atoms with Crippen LogP contribution in [0.25, 0.3) is 5.65 Å². The van der Waals surface area contributed by atoms with E-state index >= 15 is 0 Å². The highest BCUT2D eigenvalue weighted by Crippen LogP contribution is 2.40. The van der Waals surface area contributed by atoms with Gasteiger partial charge >= 0.3 is 24.3 Å². The Hall–Kier alpha value is -3.21. The molecule has 5 rings (SSSR count). The number of hydrogen-bond acceptors (Lipinski definition) is 8. The number of anilines is 1. The van der Waals surface area contributed by atoms with Crippen LogP contribution in [0.2, 0.25) is 0 Å². The summed E-state index contributed by atoms with van der Waals surface area (Å²) in [6, 6.07) is 4.04. The van der Waals surface area contributed by atoms with Gasteiger partial charge in [-0.25, -0.2) is 9.59 Å². The fourth-order valence-electron chi connectivity index (χ4n) is 4.32. The van der Waals surface area contributed by atoms with E-state index in [2.05, 4.69) is 38.2 Å². The van der Waals surface area contributed by atoms with Crippen LogP contribution in [0.15, 0.2) is 18.5 Å². The molecule has 0 bridgehead atoms. The summed E-state index contributed by atoms with van der Waals surface area (Å²) in [6.45, 7) is 5.18. The van der Waals surface area contributed by atoms with Crippen LogP contribution in [0.5, 0.6) is 0 Å². The van der Waals surface area contributed by atoms with Crippen LogP contribution >= 0.6 is 0 Å². The number of likely N-dealkylation sites (N-methyl/N-ethyl adjacent to an activating group) is 1. The van der Waals surface area contributed by atoms with Crippen LogP contribution in [0.3, 0.4) is 0 Å². The zero-order valence-electron chi connectivity index (χ0n) is 20.8. The fraction of sp³-hybridized carbons (Fsp3) is 0.682. The second-order valence-electron chi connectivity index (χ2n) is 9.77. The highest BCUT2D eigenvalue weighted by Gasteiger charge is 2.50. The highest BCUT2D eigenvalue weighted by atomic mass is 19.4. The van der Waals surface area contributed by atoms with Gasteiger partial charge in [0.15, 0.2) is 5.65 Å². The topological polar surface area (TPSA) is 133 Å². The van der Waals surface area contributed by atoms with E-state index in [1.807, 2.05) is 6.07 Å². The molecular formula is C22H28F6N6O5. The smallest absolute Gasteiger partial charge is 0.475 e. The summed E-state index contributed by atoms with van der Waals surface area (Å²) in [5, 5.41) is 26.8. The number of aromatic nitrogens is 4. The Bertz CT molecular complexity index is 1110. The van der Waals surface area contributed by atoms with Gasteiger partial charge in [0.25, 0.3) is 0 Å². The van der Waals surface area contributed by atoms with E-state index in [4.69, 9.17) is 24.5 Å². The molecule has 3 aliphatic rings. The van der Waals surface area contributed by atoms with Crippen LogP contribution in [-0.4, -0.2) is 105 Å². The predicted octanol–water partition coefficient (Wildman–Crippen LogP) is 2.72. The molecule has 3 fully saturated rings. The van der Waals surface area contributed by atoms with Crippen LogP contribution in [0.4, 0.5) is 32.2 Å². The van der Waals surface area contributed by atoms with Crippen molar-refractivity contribution >= 4 is 23.4 Å². The molecule has 2 aliphatic heterocycles. The van der Waals surface area contributed by atoms with Gasteiger partial charge in [0, 0.05) is 26.3 Å². The molecule has 2 N–H and O–H groups in total. The first-order valence-corrected chi connectivity index (χ1v) is 11.9. The second-order valence-corrected chi connectivity index (χ2v) is 9.77. The van der Waals surface area contributed by atoms with Crippen molar-refractivity contribution in [1.82, 2.24) is 24.7 Å². The van der Waals surface area contributed by atoms with Gasteiger partial charge in [0.1, 0.15) is 12.1 Å². The van der Waals surface area contributed by atoms with Gasteiger partial charge in [0.2, 0.25) is 0 Å². The lowest BCUT2D eigenvalue weighted by molar-refractivity contribution is -0.193. The Morgan fingerprint density at radius 3 is 2.10 bits per heavy atom. The summed E-state index contributed by atoms with van der Waals surface area (Å²) in [5.74, 6) is -2.94. The van der Waals surface area contributed by atoms with Crippen LogP contribution in [-0.2, 0) is 14.3 Å². The summed E-state index contributed by atoms with van der Waals surface area (Å²) < 4.78 is 71.2. The standard InChI is InChI=1S/C18H26N6O.2C2HF3O2/c1-22-7-6-15(10-25-9-14-2-3-14)8-18(22)11-23(12-18)17-5-4-16-20-19-13-24(16)21-17;2*3-2(4,5)1(6)7/h4-5,13-15H,2-3,6-12H2,1H3;2*(H,6,7). The molecule has 0 radical (unpaired) electrons. The minimum absolute atomic E-state index is 0.287. The number of alkyl halides is 6. The number of aliphatic carboxylic acids is 2. The van der Waals surface area contributed by atoms with Crippen molar-refractivity contribution in [2.24, 2.45) is 11.8 Å². The van der Waals surface area contributed by atoms with E-state index in [1.165, 1.54) is 32.2 Å². The number of nitrogens with zero attached hydrogens (tertiary/aromatic N) is 6. The van der Waals surface area contributed by atoms with Crippen molar-refractivity contribution in [3.8, 4) is 0 Å². The predicted molar refractivity (Wildman–Crippen MR) is 122 cm³/mol. The normalized spacial score (nSPS) is 20.9. The largest absolute Gasteiger partial charge is 0.490 e. The summed E-state index contributed by atoms with van der Waals surface area (Å²) >= 11 is 0. The maximum absolute atomic E-state index is 10.6. The van der Waals surface area contributed by atoms with Gasteiger partial charge in [-0.05, 0) is 63.2 Å². The van der Waals surface area contributed by atoms with E-state index in [1.54, 1.807) is 10.8 Å². The number of ether oxygens (including phenoxy) is 1. The molecule has 4 heterocycles. The molecule has 1 saturated carbocycles. The van der Waals surface area contributed by atoms with E-state index in [0.29, 0.717) is 5.92 Å². The Balaban J connectivity index is 0.000000251. The lowest BCUT2D eigenvalue weighted by Crippen LogP contribution is -2.72. The van der Waals surface area contributed by atoms with Crippen molar-refractivity contribution in [3.05, 3.63) is 18.5 Å². The van der Waals surface area contributed by atoms with E-state index in [-0.39, 0.29) is 5.54 Å². The number of carboxylic acid groups (broad SMARTS) is 2. The van der Waals surface area contributed by atoms with Gasteiger partial charge in [0.05, 0.1) is 5.54 Å². The quantitative estimate of drug-likeness (QED) is 0.517. The zero-order valence-corrected chi connectivity index (χ0v) is 20.8. The Labute approximate surface area is 218 Å². The third kappa shape index (κ3) is 8.39. The van der Waals surface area contributed by atoms with Gasteiger partial charge in [-0.1, -0.05) is 0 Å². The number of likely N-dealkylation sites (tertiary alicyclic amines) is 1. The van der Waals surface area contributed by atoms with Gasteiger partial charge in [-0.15, -0.1) is 15.3 Å². The summed E-state index contributed by atoms with van der Waals surface area (Å²) in [4.78, 5) is 22.7. The number of piperidine rings is 1. The summed E-state index contributed by atoms with van der Waals surface area (Å²) in [6.07, 6.45) is -3.27. The maximum atomic E-state index is 10.6. The summed E-state index contributed by atoms with van der Waals surface area (Å²) in [5.41, 5.74) is 1.08. The number of fused-ring (bicyclic) bond motifs is 1. The molecule has 39 heavy (non-hydrogen) atoms. The molecule has 2 aromatic heterocycles. The number of hydrogen-bond donors (Lipinski definition) is 2. The van der Waals surface area contributed by atoms with Crippen molar-refractivity contribution < 1.29 is 50.9 Å². The minimum atomic E-state index is -5.08. The minimum Gasteiger partial charge on any atom is -0.475 e. The lowest BCUT2D eigenvalue weighted by Gasteiger charge is -2.58. The molecule has 1 spiro atoms. The van der Waals surface area contributed by atoms with Crippen LogP contribution < -0.4 is 4.90 Å². The maximum Gasteiger partial charge on any atom is 0.490 e. The molecule has 11 nitrogen and oxygen atoms in total. The first-order chi connectivity index (χ1) is 18.1. The molecule has 1 unspecified atom stereocenters. The fourth-order valence-corrected chi connectivity index (χ4v) is 4.32. The molecule has 1 aliphatic carbocycles. The third-order valence-electron chi connectivity index (χ3n) is 6.68. The van der Waals surface area contributed by atoms with E-state index < -0.39 is 24.3 Å². The number of rotatable bonds is 5. The van der Waals surface area contributed by atoms with Gasteiger partial charge in [-0.3, -0.25) is 4.90 Å². The number of carbonyl (C=O) groups is 2. The lowest BCUT2D eigenvalue weighted by atomic mass is 9.75. The van der Waals surface area contributed by atoms with Crippen molar-refractivity contribution in [3.63, 3.8) is 0 Å². The monoisotopic (exact) mass is 570 g/mol. The highest BCUT2D eigenvalue weighted by molar-refractivity contribution is 5.73. The van der Waals surface area contributed by atoms with E-state index in [0.717, 1.165) is 43.7 Å². The molecule has 0 aromatic carbocycles. The zero-order chi connectivity index (χ0) is 29.0. The third-order valence-corrected chi connectivity index (χ3v) is 6.68. The van der Waals surface area contributed by atoms with Crippen LogP contribution in [0, 0.1) is 11.8 Å². The molecular weight excluding hydrogens is 542 g/mol. The Morgan fingerprint density at radius 2 is 1.56 bits per heavy atom. The molecule has 0 amide bonds. The molecule has 2 aromatic rings. The molecule has 17 heteroatoms.